The van der Waals surface area contributed by atoms with E-state index >= 15 is 0 Å². The molecule has 4 rings (SSSR count). The maximum absolute atomic E-state index is 13.3. The predicted octanol–water partition coefficient (Wildman–Crippen LogP) is 4.96. The first-order valence-corrected chi connectivity index (χ1v) is 14.6. The van der Waals surface area contributed by atoms with Crippen LogP contribution < -0.4 is 10.6 Å². The molecule has 1 fully saturated rings. The average molecular weight is 561 g/mol. The van der Waals surface area contributed by atoms with Crippen molar-refractivity contribution < 1.29 is 9.59 Å². The molecule has 0 saturated carbocycles. The summed E-state index contributed by atoms with van der Waals surface area (Å²) in [4.78, 5) is 39.6. The summed E-state index contributed by atoms with van der Waals surface area (Å²) in [7, 11) is 4.15. The topological polar surface area (TPSA) is 90.5 Å². The highest BCUT2D eigenvalue weighted by molar-refractivity contribution is 7.99. The van der Waals surface area contributed by atoms with Gasteiger partial charge in [-0.2, -0.15) is 0 Å². The predicted molar refractivity (Wildman–Crippen MR) is 161 cm³/mol. The molecule has 1 unspecified atom stereocenters. The normalized spacial score (nSPS) is 15.6. The van der Waals surface area contributed by atoms with Crippen LogP contribution in [0.2, 0.25) is 0 Å². The van der Waals surface area contributed by atoms with E-state index < -0.39 is 5.37 Å². The van der Waals surface area contributed by atoms with E-state index in [9.17, 15) is 9.59 Å². The lowest BCUT2D eigenvalue weighted by Crippen LogP contribution is -2.46. The number of carbonyl (C=O) groups is 2. The Morgan fingerprint density at radius 2 is 1.73 bits per heavy atom. The molecule has 0 radical (unpaired) electrons. The van der Waals surface area contributed by atoms with Crippen molar-refractivity contribution in [3.63, 3.8) is 0 Å². The van der Waals surface area contributed by atoms with Gasteiger partial charge in [0.1, 0.15) is 10.4 Å². The Hall–Kier alpha value is -3.27. The van der Waals surface area contributed by atoms with Gasteiger partial charge in [-0.15, -0.1) is 0 Å². The summed E-state index contributed by atoms with van der Waals surface area (Å²) in [5, 5.41) is 6.27. The van der Waals surface area contributed by atoms with Gasteiger partial charge in [-0.1, -0.05) is 44.7 Å². The second-order valence-corrected chi connectivity index (χ2v) is 12.5. The minimum absolute atomic E-state index is 0.0318. The van der Waals surface area contributed by atoms with Crippen molar-refractivity contribution >= 4 is 29.3 Å². The lowest BCUT2D eigenvalue weighted by Gasteiger charge is -2.35. The van der Waals surface area contributed by atoms with Crippen LogP contribution in [0, 0.1) is 0 Å². The van der Waals surface area contributed by atoms with Crippen molar-refractivity contribution in [2.75, 3.05) is 39.0 Å². The van der Waals surface area contributed by atoms with Gasteiger partial charge in [-0.3, -0.25) is 19.5 Å². The van der Waals surface area contributed by atoms with E-state index in [1.807, 2.05) is 43.4 Å². The van der Waals surface area contributed by atoms with Gasteiger partial charge in [0.2, 0.25) is 5.91 Å². The van der Waals surface area contributed by atoms with Crippen LogP contribution >= 0.6 is 11.8 Å². The molecule has 40 heavy (non-hydrogen) atoms. The summed E-state index contributed by atoms with van der Waals surface area (Å²) in [6.07, 6.45) is 7.17. The van der Waals surface area contributed by atoms with Crippen LogP contribution in [-0.4, -0.2) is 71.4 Å². The van der Waals surface area contributed by atoms with Crippen molar-refractivity contribution in [1.29, 1.82) is 0 Å². The number of hydrogen-bond donors (Lipinski definition) is 2. The number of nitrogens with one attached hydrogen (secondary N) is 2. The molecule has 1 atom stereocenters. The molecule has 1 aliphatic rings. The maximum atomic E-state index is 13.3. The first-order valence-electron chi connectivity index (χ1n) is 13.7. The first kappa shape index (κ1) is 29.7. The first-order chi connectivity index (χ1) is 19.1. The molecule has 2 N–H and O–H groups in total. The van der Waals surface area contributed by atoms with Gasteiger partial charge in [-0.05, 0) is 93.0 Å². The molecular weight excluding hydrogens is 520 g/mol. The van der Waals surface area contributed by atoms with Gasteiger partial charge in [0.25, 0.3) is 5.91 Å². The second-order valence-electron chi connectivity index (χ2n) is 11.4. The Morgan fingerprint density at radius 3 is 2.38 bits per heavy atom. The van der Waals surface area contributed by atoms with E-state index in [0.29, 0.717) is 28.9 Å². The number of aromatic nitrogens is 2. The fourth-order valence-corrected chi connectivity index (χ4v) is 5.84. The molecule has 1 saturated heterocycles. The Kier molecular flexibility index (Phi) is 9.95. The number of amides is 2. The fraction of sp³-hybridized carbons (Fsp3) is 0.419. The molecule has 1 aromatic carbocycles. The minimum atomic E-state index is -0.436. The highest BCUT2D eigenvalue weighted by Crippen LogP contribution is 2.34. The summed E-state index contributed by atoms with van der Waals surface area (Å²) >= 11 is 1.35. The number of benzene rings is 1. The lowest BCUT2D eigenvalue weighted by molar-refractivity contribution is -0.122. The zero-order valence-corrected chi connectivity index (χ0v) is 24.9. The molecule has 3 heterocycles. The van der Waals surface area contributed by atoms with Crippen LogP contribution in [0.5, 0.6) is 0 Å². The third-order valence-corrected chi connectivity index (χ3v) is 8.43. The van der Waals surface area contributed by atoms with Crippen molar-refractivity contribution in [1.82, 2.24) is 25.1 Å². The average Bonchev–Trinajstić information content (AvgIpc) is 2.93. The highest BCUT2D eigenvalue weighted by Gasteiger charge is 2.25. The van der Waals surface area contributed by atoms with Gasteiger partial charge in [0, 0.05) is 30.3 Å². The number of pyridine rings is 2. The SMILES string of the molecule is CN1CCC(N(C)CC(=O)NC(Sc2ncccc2C(=O)Nc2ccc(C(C)(C)C)cc2)c2ccncc2)CC1. The number of nitrogens with zero attached hydrogens (tertiary/aromatic N) is 4. The monoisotopic (exact) mass is 560 g/mol. The molecule has 8 nitrogen and oxygen atoms in total. The number of thioether (sulfide) groups is 1. The summed E-state index contributed by atoms with van der Waals surface area (Å²) in [5.41, 5.74) is 3.27. The minimum Gasteiger partial charge on any atom is -0.339 e. The van der Waals surface area contributed by atoms with E-state index in [2.05, 4.69) is 58.2 Å². The molecule has 2 aromatic heterocycles. The highest BCUT2D eigenvalue weighted by atomic mass is 32.2. The smallest absolute Gasteiger partial charge is 0.258 e. The molecule has 3 aromatic rings. The van der Waals surface area contributed by atoms with Crippen molar-refractivity contribution in [3.05, 3.63) is 83.8 Å². The Labute approximate surface area is 242 Å². The second kappa shape index (κ2) is 13.4. The third-order valence-electron chi connectivity index (χ3n) is 7.26. The molecule has 0 spiro atoms. The van der Waals surface area contributed by atoms with E-state index in [1.165, 1.54) is 17.3 Å². The van der Waals surface area contributed by atoms with Crippen LogP contribution in [0.15, 0.2) is 72.1 Å². The van der Waals surface area contributed by atoms with E-state index in [4.69, 9.17) is 0 Å². The van der Waals surface area contributed by atoms with Gasteiger partial charge in [0.15, 0.2) is 0 Å². The summed E-state index contributed by atoms with van der Waals surface area (Å²) in [5.74, 6) is -0.322. The summed E-state index contributed by atoms with van der Waals surface area (Å²) in [6.45, 7) is 8.85. The van der Waals surface area contributed by atoms with Crippen LogP contribution in [0.25, 0.3) is 0 Å². The quantitative estimate of drug-likeness (QED) is 0.282. The number of anilines is 1. The molecule has 0 aliphatic carbocycles. The number of likely N-dealkylation sites (N-methyl/N-ethyl adjacent to an activating group) is 1. The van der Waals surface area contributed by atoms with Crippen LogP contribution in [-0.2, 0) is 10.2 Å². The number of rotatable bonds is 9. The van der Waals surface area contributed by atoms with Crippen molar-refractivity contribution in [2.24, 2.45) is 0 Å². The van der Waals surface area contributed by atoms with Crippen molar-refractivity contribution in [3.8, 4) is 0 Å². The molecule has 9 heteroatoms. The lowest BCUT2D eigenvalue weighted by atomic mass is 9.87. The Balaban J connectivity index is 1.47. The number of hydrogen-bond acceptors (Lipinski definition) is 7. The largest absolute Gasteiger partial charge is 0.339 e. The molecule has 2 amide bonds. The molecular formula is C31H40N6O2S. The number of carbonyl (C=O) groups excluding carboxylic acids is 2. The Morgan fingerprint density at radius 1 is 1.05 bits per heavy atom. The van der Waals surface area contributed by atoms with Gasteiger partial charge in [0.05, 0.1) is 12.1 Å². The standard InChI is InChI=1S/C31H40N6O2S/c1-31(2,3)23-8-10-24(11-9-23)34-28(39)26-7-6-16-33-30(26)40-29(22-12-17-32-18-13-22)35-27(38)21-37(5)25-14-19-36(4)20-15-25/h6-13,16-18,25,29H,14-15,19-21H2,1-5H3,(H,34,39)(H,35,38). The summed E-state index contributed by atoms with van der Waals surface area (Å²) in [6, 6.07) is 15.5. The third kappa shape index (κ3) is 8.13. The van der Waals surface area contributed by atoms with E-state index in [1.54, 1.807) is 30.7 Å². The van der Waals surface area contributed by atoms with Crippen molar-refractivity contribution in [2.45, 2.75) is 55.5 Å². The Bertz CT molecular complexity index is 1270. The molecule has 212 valence electrons. The maximum Gasteiger partial charge on any atom is 0.258 e. The summed E-state index contributed by atoms with van der Waals surface area (Å²) < 4.78 is 0. The van der Waals surface area contributed by atoms with Gasteiger partial charge < -0.3 is 15.5 Å². The fourth-order valence-electron chi connectivity index (χ4n) is 4.72. The molecule has 1 aliphatic heterocycles. The van der Waals surface area contributed by atoms with Gasteiger partial charge in [-0.25, -0.2) is 4.98 Å². The molecule has 0 bridgehead atoms. The van der Waals surface area contributed by atoms with Crippen LogP contribution in [0.1, 0.15) is 60.5 Å². The zero-order valence-electron chi connectivity index (χ0n) is 24.1. The van der Waals surface area contributed by atoms with E-state index in [-0.39, 0.29) is 17.2 Å². The zero-order chi connectivity index (χ0) is 28.7. The number of likely N-dealkylation sites (tertiary alicyclic amines) is 1. The number of piperidine rings is 1. The van der Waals surface area contributed by atoms with Crippen LogP contribution in [0.4, 0.5) is 5.69 Å². The van der Waals surface area contributed by atoms with Gasteiger partial charge >= 0.3 is 0 Å². The van der Waals surface area contributed by atoms with Crippen LogP contribution in [0.3, 0.4) is 0 Å². The van der Waals surface area contributed by atoms with E-state index in [0.717, 1.165) is 31.5 Å².